The number of nitrogens with zero attached hydrogens (tertiary/aromatic N) is 2. The zero-order chi connectivity index (χ0) is 26.3. The molecule has 0 radical (unpaired) electrons. The Morgan fingerprint density at radius 1 is 1.17 bits per heavy atom. The van der Waals surface area contributed by atoms with Gasteiger partial charge >= 0.3 is 0 Å². The number of amides is 1. The molecular weight excluding hydrogens is 463 g/mol. The number of nitrogens with one attached hydrogen (secondary N) is 4. The van der Waals surface area contributed by atoms with E-state index in [1.54, 1.807) is 49.4 Å². The molecule has 1 unspecified atom stereocenters. The van der Waals surface area contributed by atoms with E-state index in [1.807, 2.05) is 6.07 Å². The van der Waals surface area contributed by atoms with Crippen LogP contribution in [0.3, 0.4) is 0 Å². The van der Waals surface area contributed by atoms with Crippen LogP contribution >= 0.6 is 0 Å². The molecule has 1 atom stereocenters. The molecule has 2 aromatic rings. The highest BCUT2D eigenvalue weighted by Crippen LogP contribution is 2.30. The third-order valence-electron chi connectivity index (χ3n) is 4.93. The summed E-state index contributed by atoms with van der Waals surface area (Å²) in [5.41, 5.74) is 1.47. The van der Waals surface area contributed by atoms with Crippen LogP contribution in [0.1, 0.15) is 32.6 Å². The molecule has 2 aromatic carbocycles. The number of aliphatic imine (C=N–C) groups is 2. The third-order valence-corrected chi connectivity index (χ3v) is 4.93. The standard InChI is InChI=1S/C26H31FN6O3/c1-3-24(27)31-16-13-25(35)33-19-9-10-20(23(17-19)36-2)30-15-12-22(34)26(29)21(11-14-28)32-18-7-5-4-6-8-18/h4-10,14-15,17,24,28-29,31H,3,11-13,16H2,1-2H3,(H,33,35). The number of Topliss-reactive ketones (excluding diaryl/α,β-unsaturated/α-hetero) is 1. The lowest BCUT2D eigenvalue weighted by Gasteiger charge is -2.10. The highest BCUT2D eigenvalue weighted by molar-refractivity contribution is 6.68. The van der Waals surface area contributed by atoms with E-state index in [-0.39, 0.29) is 43.1 Å². The van der Waals surface area contributed by atoms with Crippen LogP contribution in [0.4, 0.5) is 21.5 Å². The van der Waals surface area contributed by atoms with Gasteiger partial charge in [0.1, 0.15) is 17.1 Å². The molecule has 0 saturated heterocycles. The molecule has 1 amide bonds. The Bertz CT molecular complexity index is 1120. The molecule has 0 aliphatic rings. The molecule has 0 aromatic heterocycles. The van der Waals surface area contributed by atoms with E-state index in [2.05, 4.69) is 20.6 Å². The van der Waals surface area contributed by atoms with Crippen molar-refractivity contribution in [2.24, 2.45) is 9.98 Å². The van der Waals surface area contributed by atoms with Gasteiger partial charge in [-0.15, -0.1) is 0 Å². The number of halogens is 1. The van der Waals surface area contributed by atoms with Gasteiger partial charge in [0.15, 0.2) is 12.1 Å². The topological polar surface area (TPSA) is 140 Å². The number of anilines is 1. The number of para-hydroxylation sites is 1. The van der Waals surface area contributed by atoms with E-state index in [0.717, 1.165) is 6.21 Å². The Hall–Kier alpha value is -4.05. The second kappa shape index (κ2) is 15.0. The molecule has 0 spiro atoms. The quantitative estimate of drug-likeness (QED) is 0.208. The maximum Gasteiger partial charge on any atom is 0.225 e. The smallest absolute Gasteiger partial charge is 0.225 e. The van der Waals surface area contributed by atoms with Crippen molar-refractivity contribution >= 4 is 52.6 Å². The molecule has 0 aliphatic heterocycles. The zero-order valence-corrected chi connectivity index (χ0v) is 20.4. The van der Waals surface area contributed by atoms with Crippen LogP contribution in [0, 0.1) is 10.8 Å². The van der Waals surface area contributed by atoms with Crippen LogP contribution < -0.4 is 15.4 Å². The fraction of sp³-hybridized carbons (Fsp3) is 0.308. The van der Waals surface area contributed by atoms with E-state index in [4.69, 9.17) is 15.6 Å². The number of carbonyl (C=O) groups is 2. The van der Waals surface area contributed by atoms with Gasteiger partial charge in [0.25, 0.3) is 0 Å². The zero-order valence-electron chi connectivity index (χ0n) is 20.4. The molecule has 4 N–H and O–H groups in total. The number of hydrogen-bond acceptors (Lipinski definition) is 8. The number of hydrogen-bond donors (Lipinski definition) is 4. The number of rotatable bonds is 15. The van der Waals surface area contributed by atoms with E-state index in [0.29, 0.717) is 29.2 Å². The Morgan fingerprint density at radius 3 is 2.58 bits per heavy atom. The second-order valence-electron chi connectivity index (χ2n) is 7.63. The van der Waals surface area contributed by atoms with Crippen LogP contribution in [0.15, 0.2) is 58.5 Å². The van der Waals surface area contributed by atoms with E-state index in [1.165, 1.54) is 13.3 Å². The number of benzene rings is 2. The van der Waals surface area contributed by atoms with Crippen molar-refractivity contribution in [3.8, 4) is 5.75 Å². The van der Waals surface area contributed by atoms with Crippen molar-refractivity contribution in [2.45, 2.75) is 38.9 Å². The van der Waals surface area contributed by atoms with Gasteiger partial charge in [0.05, 0.1) is 18.5 Å². The third kappa shape index (κ3) is 9.30. The van der Waals surface area contributed by atoms with E-state index in [9.17, 15) is 14.0 Å². The number of alkyl halides is 1. The van der Waals surface area contributed by atoms with Gasteiger partial charge < -0.3 is 15.5 Å². The minimum Gasteiger partial charge on any atom is -0.494 e. The molecule has 2 rings (SSSR count). The van der Waals surface area contributed by atoms with Crippen LogP contribution in [0.25, 0.3) is 0 Å². The van der Waals surface area contributed by atoms with Crippen LogP contribution in [-0.2, 0) is 9.59 Å². The molecule has 36 heavy (non-hydrogen) atoms. The molecule has 0 saturated carbocycles. The lowest BCUT2D eigenvalue weighted by molar-refractivity contribution is -0.116. The lowest BCUT2D eigenvalue weighted by Crippen LogP contribution is -2.28. The first-order chi connectivity index (χ1) is 17.4. The molecule has 9 nitrogen and oxygen atoms in total. The minimum absolute atomic E-state index is 0.0701. The highest BCUT2D eigenvalue weighted by atomic mass is 19.1. The maximum absolute atomic E-state index is 13.2. The molecule has 0 heterocycles. The van der Waals surface area contributed by atoms with Crippen LogP contribution in [-0.4, -0.2) is 55.5 Å². The molecule has 0 fully saturated rings. The monoisotopic (exact) mass is 494 g/mol. The van der Waals surface area contributed by atoms with Crippen LogP contribution in [0.2, 0.25) is 0 Å². The molecular formula is C26H31FN6O3. The van der Waals surface area contributed by atoms with Gasteiger partial charge in [-0.2, -0.15) is 0 Å². The number of ketones is 1. The van der Waals surface area contributed by atoms with Gasteiger partial charge in [0, 0.05) is 50.0 Å². The summed E-state index contributed by atoms with van der Waals surface area (Å²) < 4.78 is 18.5. The number of methoxy groups -OCH3 is 1. The summed E-state index contributed by atoms with van der Waals surface area (Å²) >= 11 is 0. The van der Waals surface area contributed by atoms with Gasteiger partial charge in [-0.3, -0.25) is 30.3 Å². The minimum atomic E-state index is -1.13. The summed E-state index contributed by atoms with van der Waals surface area (Å²) in [5, 5.41) is 20.9. The first kappa shape index (κ1) is 28.2. The normalized spacial score (nSPS) is 12.2. The highest BCUT2D eigenvalue weighted by Gasteiger charge is 2.15. The van der Waals surface area contributed by atoms with Crippen molar-refractivity contribution in [1.29, 1.82) is 10.8 Å². The van der Waals surface area contributed by atoms with Crippen LogP contribution in [0.5, 0.6) is 5.75 Å². The second-order valence-corrected chi connectivity index (χ2v) is 7.63. The summed E-state index contributed by atoms with van der Waals surface area (Å²) in [6.07, 6.45) is 1.73. The fourth-order valence-corrected chi connectivity index (χ4v) is 3.02. The van der Waals surface area contributed by atoms with E-state index >= 15 is 0 Å². The van der Waals surface area contributed by atoms with Gasteiger partial charge in [-0.1, -0.05) is 25.1 Å². The van der Waals surface area contributed by atoms with Crippen molar-refractivity contribution in [1.82, 2.24) is 5.32 Å². The van der Waals surface area contributed by atoms with Crippen molar-refractivity contribution < 1.29 is 18.7 Å². The Labute approximate surface area is 209 Å². The SMILES string of the molecule is CCC(F)NCCC(=O)Nc1ccc(N=CCC(=O)C(=N)C(CC=N)=Nc2ccccc2)c(OC)c1. The fourth-order valence-electron chi connectivity index (χ4n) is 3.02. The van der Waals surface area contributed by atoms with Crippen molar-refractivity contribution in [2.75, 3.05) is 19.0 Å². The first-order valence-electron chi connectivity index (χ1n) is 11.5. The molecule has 0 bridgehead atoms. The van der Waals surface area contributed by atoms with Gasteiger partial charge in [-0.05, 0) is 30.7 Å². The van der Waals surface area contributed by atoms with E-state index < -0.39 is 12.1 Å². The summed E-state index contributed by atoms with van der Waals surface area (Å²) in [6.45, 7) is 1.94. The Morgan fingerprint density at radius 2 is 1.92 bits per heavy atom. The molecule has 10 heteroatoms. The molecule has 190 valence electrons. The van der Waals surface area contributed by atoms with Crippen molar-refractivity contribution in [3.05, 3.63) is 48.5 Å². The summed E-state index contributed by atoms with van der Waals surface area (Å²) in [7, 11) is 1.46. The Kier molecular flexibility index (Phi) is 11.8. The largest absolute Gasteiger partial charge is 0.494 e. The summed E-state index contributed by atoms with van der Waals surface area (Å²) in [4.78, 5) is 33.2. The van der Waals surface area contributed by atoms with Gasteiger partial charge in [-0.25, -0.2) is 4.39 Å². The van der Waals surface area contributed by atoms with Crippen molar-refractivity contribution in [3.63, 3.8) is 0 Å². The lowest BCUT2D eigenvalue weighted by atomic mass is 10.1. The predicted octanol–water partition coefficient (Wildman–Crippen LogP) is 4.81. The average molecular weight is 495 g/mol. The Balaban J connectivity index is 1.99. The first-order valence-corrected chi connectivity index (χ1v) is 11.5. The maximum atomic E-state index is 13.2. The molecule has 0 aliphatic carbocycles. The van der Waals surface area contributed by atoms with Gasteiger partial charge in [0.2, 0.25) is 5.91 Å². The summed E-state index contributed by atoms with van der Waals surface area (Å²) in [6, 6.07) is 13.8. The average Bonchev–Trinajstić information content (AvgIpc) is 2.89. The summed E-state index contributed by atoms with van der Waals surface area (Å²) in [5.74, 6) is -0.369. The number of carbonyl (C=O) groups excluding carboxylic acids is 2. The number of ether oxygens (including phenoxy) is 1. The predicted molar refractivity (Wildman–Crippen MR) is 142 cm³/mol.